The third kappa shape index (κ3) is 5.07. The molecule has 17 atom stereocenters. The molecular formula is C56H58N2O11S2. The summed E-state index contributed by atoms with van der Waals surface area (Å²) in [5.74, 6) is -5.22. The zero-order valence-electron chi connectivity index (χ0n) is 39.1. The minimum atomic E-state index is -2.32. The zero-order chi connectivity index (χ0) is 48.4. The van der Waals surface area contributed by atoms with E-state index in [1.807, 2.05) is 24.3 Å². The second kappa shape index (κ2) is 14.6. The van der Waals surface area contributed by atoms with Crippen LogP contribution in [0.4, 0.5) is 0 Å². The molecule has 13 bridgehead atoms. The largest absolute Gasteiger partial charge is 0.511 e. The number of hydrogen-bond donors (Lipinski definition) is 8. The Labute approximate surface area is 418 Å². The van der Waals surface area contributed by atoms with Crippen LogP contribution >= 0.6 is 21.6 Å². The topological polar surface area (TPSA) is 215 Å². The fourth-order valence-electron chi connectivity index (χ4n) is 18.9. The summed E-state index contributed by atoms with van der Waals surface area (Å²) in [6, 6.07) is 12.3. The number of ether oxygens (including phenoxy) is 2. The van der Waals surface area contributed by atoms with E-state index in [1.165, 1.54) is 28.2 Å². The first-order valence-electron chi connectivity index (χ1n) is 25.9. The molecule has 0 aromatic heterocycles. The quantitative estimate of drug-likeness (QED) is 0.137. The molecule has 6 fully saturated rings. The Bertz CT molecular complexity index is 2990. The van der Waals surface area contributed by atoms with Gasteiger partial charge in [0, 0.05) is 53.5 Å². The minimum Gasteiger partial charge on any atom is -0.511 e. The first kappa shape index (κ1) is 44.3. The Hall–Kier alpha value is -4.19. The third-order valence-electron chi connectivity index (χ3n) is 21.2. The van der Waals surface area contributed by atoms with E-state index in [1.54, 1.807) is 41.1 Å². The number of nitrogens with one attached hydrogen (secondary N) is 2. The van der Waals surface area contributed by atoms with Crippen molar-refractivity contribution in [2.75, 3.05) is 18.9 Å². The van der Waals surface area contributed by atoms with Crippen molar-refractivity contribution in [1.29, 1.82) is 0 Å². The highest BCUT2D eigenvalue weighted by molar-refractivity contribution is 8.76. The SMILES string of the molecule is O=CC1CCCC12CC1CC3CC4C5CCC67Oc8cccc9c8C(=O)C8(CSSC%10CC%11=CC2C1(C1=C3CNC(=C%111)N%10)C4C(O)(C6O)C(O)C5(CO)O7)C(O)=CC(Cc1cccc(CO)c1)=CC8C9=O. The number of ketones is 2. The van der Waals surface area contributed by atoms with Crippen molar-refractivity contribution in [3.05, 3.63) is 122 Å². The van der Waals surface area contributed by atoms with Gasteiger partial charge in [-0.2, -0.15) is 0 Å². The molecule has 4 spiro atoms. The van der Waals surface area contributed by atoms with Crippen LogP contribution in [-0.4, -0.2) is 102 Å². The first-order valence-corrected chi connectivity index (χ1v) is 28.3. The number of carbonyl (C=O) groups excluding carboxylic acids is 3. The summed E-state index contributed by atoms with van der Waals surface area (Å²) < 4.78 is 14.1. The van der Waals surface area contributed by atoms with Crippen LogP contribution < -0.4 is 15.4 Å². The van der Waals surface area contributed by atoms with E-state index >= 15 is 9.59 Å². The molecule has 13 nitrogen and oxygen atoms in total. The number of benzene rings is 2. The maximum absolute atomic E-state index is 15.9. The smallest absolute Gasteiger partial charge is 0.240 e. The molecule has 15 heteroatoms. The second-order valence-corrected chi connectivity index (χ2v) is 26.2. The normalized spacial score (nSPS) is 46.6. The fourth-order valence-corrected chi connectivity index (χ4v) is 21.8. The summed E-state index contributed by atoms with van der Waals surface area (Å²) in [4.78, 5) is 44.6. The minimum absolute atomic E-state index is 0.0203. The van der Waals surface area contributed by atoms with Crippen LogP contribution in [0.3, 0.4) is 0 Å². The lowest BCUT2D eigenvalue weighted by molar-refractivity contribution is -0.462. The van der Waals surface area contributed by atoms with Gasteiger partial charge < -0.3 is 55.5 Å². The van der Waals surface area contributed by atoms with Gasteiger partial charge in [-0.1, -0.05) is 76.6 Å². The lowest BCUT2D eigenvalue weighted by Crippen LogP contribution is -2.88. The molecule has 2 saturated heterocycles. The van der Waals surface area contributed by atoms with Crippen molar-refractivity contribution in [3.63, 3.8) is 0 Å². The van der Waals surface area contributed by atoms with Crippen LogP contribution in [0.2, 0.25) is 0 Å². The molecule has 18 rings (SSSR count). The monoisotopic (exact) mass is 998 g/mol. The summed E-state index contributed by atoms with van der Waals surface area (Å²) in [5.41, 5.74) is 0.0297. The zero-order valence-corrected chi connectivity index (χ0v) is 40.8. The second-order valence-electron chi connectivity index (χ2n) is 23.6. The average Bonchev–Trinajstić information content (AvgIpc) is 3.84. The van der Waals surface area contributed by atoms with Gasteiger partial charge in [0.1, 0.15) is 46.3 Å². The summed E-state index contributed by atoms with van der Waals surface area (Å²) in [6.45, 7) is -0.223. The number of aldehydes is 1. The molecule has 370 valence electrons. The summed E-state index contributed by atoms with van der Waals surface area (Å²) >= 11 is 0. The van der Waals surface area contributed by atoms with Crippen molar-refractivity contribution in [2.45, 2.75) is 105 Å². The maximum atomic E-state index is 15.9. The fraction of sp³-hybridized carbons (Fsp3) is 0.554. The molecule has 16 aliphatic rings. The number of aliphatic hydroxyl groups is 6. The standard InChI is InChI=1S/C56H58N2O11S2/c59-22-27-5-1-4-26(12-27)13-28-14-37-45(63)33-7-2-8-38-43(33)47(64)52(37,40(62)15-28)25-70-71-41-19-30-18-39-51(10-3-6-31(51)23-60)20-32-16-29-17-34-36-9-11-54(68-38)50(66)56(67,49(65)53(36,24-61)69-54)46(34)55(32,39)44-35(29)21-57-48(58-41)42(30)44/h1-2,4-5,7-8,12,14-15,18,23,29,31-32,34,36-37,39,41,46,49-50,57-59,61-62,65-67H,3,6,9-11,13,16-17,19-22,24-25H2. The number of hydrogen-bond acceptors (Lipinski definition) is 15. The molecule has 4 saturated carbocycles. The number of aliphatic hydroxyl groups excluding tert-OH is 5. The molecule has 17 unspecified atom stereocenters. The molecule has 0 radical (unpaired) electrons. The van der Waals surface area contributed by atoms with Crippen LogP contribution in [0, 0.1) is 63.6 Å². The van der Waals surface area contributed by atoms with Crippen LogP contribution in [0.1, 0.15) is 89.6 Å². The van der Waals surface area contributed by atoms with Crippen molar-refractivity contribution in [2.24, 2.45) is 63.6 Å². The Morgan fingerprint density at radius 2 is 1.83 bits per heavy atom. The Morgan fingerprint density at radius 3 is 2.66 bits per heavy atom. The van der Waals surface area contributed by atoms with Crippen molar-refractivity contribution in [1.82, 2.24) is 10.6 Å². The maximum Gasteiger partial charge on any atom is 0.240 e. The molecule has 7 aliphatic heterocycles. The Kier molecular flexibility index (Phi) is 9.08. The van der Waals surface area contributed by atoms with Gasteiger partial charge in [0.25, 0.3) is 0 Å². The van der Waals surface area contributed by atoms with Crippen molar-refractivity contribution < 1.29 is 54.5 Å². The van der Waals surface area contributed by atoms with Gasteiger partial charge in [0.15, 0.2) is 17.7 Å². The van der Waals surface area contributed by atoms with E-state index in [4.69, 9.17) is 9.47 Å². The number of rotatable bonds is 5. The summed E-state index contributed by atoms with van der Waals surface area (Å²) in [6.07, 6.45) is 9.68. The number of dihydropyridines is 1. The van der Waals surface area contributed by atoms with Crippen molar-refractivity contribution >= 4 is 39.4 Å². The highest BCUT2D eigenvalue weighted by Crippen LogP contribution is 2.83. The molecule has 71 heavy (non-hydrogen) atoms. The Morgan fingerprint density at radius 1 is 0.986 bits per heavy atom. The predicted octanol–water partition coefficient (Wildman–Crippen LogP) is 5.53. The molecule has 0 amide bonds. The van der Waals surface area contributed by atoms with Crippen molar-refractivity contribution in [3.8, 4) is 5.75 Å². The van der Waals surface area contributed by atoms with Crippen LogP contribution in [-0.2, 0) is 22.6 Å². The van der Waals surface area contributed by atoms with Gasteiger partial charge >= 0.3 is 0 Å². The molecule has 8 N–H and O–H groups in total. The average molecular weight is 999 g/mol. The van der Waals surface area contributed by atoms with E-state index in [0.29, 0.717) is 37.8 Å². The molecule has 9 aliphatic carbocycles. The lowest BCUT2D eigenvalue weighted by Gasteiger charge is -2.73. The van der Waals surface area contributed by atoms with Gasteiger partial charge in [-0.05, 0) is 126 Å². The highest BCUT2D eigenvalue weighted by atomic mass is 33.1. The Balaban J connectivity index is 0.961. The number of allylic oxidation sites excluding steroid dienone is 7. The van der Waals surface area contributed by atoms with Crippen LogP contribution in [0.5, 0.6) is 5.75 Å². The van der Waals surface area contributed by atoms with Gasteiger partial charge in [0.2, 0.25) is 5.79 Å². The highest BCUT2D eigenvalue weighted by Gasteiger charge is 2.86. The third-order valence-corrected chi connectivity index (χ3v) is 23.9. The van der Waals surface area contributed by atoms with Gasteiger partial charge in [-0.15, -0.1) is 0 Å². The van der Waals surface area contributed by atoms with E-state index < -0.39 is 75.6 Å². The van der Waals surface area contributed by atoms with Crippen LogP contribution in [0.15, 0.2) is 100 Å². The van der Waals surface area contributed by atoms with Crippen LogP contribution in [0.25, 0.3) is 0 Å². The van der Waals surface area contributed by atoms with E-state index in [0.717, 1.165) is 60.2 Å². The van der Waals surface area contributed by atoms with E-state index in [2.05, 4.69) is 16.7 Å². The van der Waals surface area contributed by atoms with E-state index in [-0.39, 0.29) is 82.2 Å². The van der Waals surface area contributed by atoms with Gasteiger partial charge in [-0.25, -0.2) is 0 Å². The van der Waals surface area contributed by atoms with Gasteiger partial charge in [0.05, 0.1) is 30.1 Å². The lowest BCUT2D eigenvalue weighted by atomic mass is 9.39. The van der Waals surface area contributed by atoms with Gasteiger partial charge in [-0.3, -0.25) is 9.59 Å². The summed E-state index contributed by atoms with van der Waals surface area (Å²) in [5, 5.41) is 82.9. The van der Waals surface area contributed by atoms with E-state index in [9.17, 15) is 35.4 Å². The molecule has 2 aromatic rings. The predicted molar refractivity (Wildman–Crippen MR) is 261 cm³/mol. The first-order chi connectivity index (χ1) is 34.3. The molecule has 2 aromatic carbocycles. The molecule has 7 heterocycles. The number of carbonyl (C=O) groups is 3. The molecular weight excluding hydrogens is 941 g/mol. The summed E-state index contributed by atoms with van der Waals surface area (Å²) in [7, 11) is 3.00. The number of Topliss-reactive ketones (excluding diaryl/α,β-unsaturated/α-hetero) is 2.